The number of hydrogen-bond donors (Lipinski definition) is 2. The smallest absolute Gasteiger partial charge is 0.310 e. The molecule has 15 heavy (non-hydrogen) atoms. The number of carboxylic acid groups (broad SMARTS) is 1. The van der Waals surface area contributed by atoms with Crippen molar-refractivity contribution in [1.82, 2.24) is 0 Å². The van der Waals surface area contributed by atoms with Crippen LogP contribution in [-0.2, 0) is 4.79 Å². The van der Waals surface area contributed by atoms with E-state index in [2.05, 4.69) is 15.9 Å². The van der Waals surface area contributed by atoms with Gasteiger partial charge in [-0.05, 0) is 30.5 Å². The monoisotopic (exact) mass is 272 g/mol. The summed E-state index contributed by atoms with van der Waals surface area (Å²) in [6.07, 6.45) is 0.973. The lowest BCUT2D eigenvalue weighted by atomic mass is 9.95. The molecular weight excluding hydrogens is 260 g/mol. The molecule has 0 fully saturated rings. The molecule has 3 nitrogen and oxygen atoms in total. The molecule has 0 heterocycles. The van der Waals surface area contributed by atoms with Crippen LogP contribution >= 0.6 is 15.9 Å². The number of aliphatic hydroxyl groups is 1. The second-order valence-corrected chi connectivity index (χ2v) is 4.22. The Morgan fingerprint density at radius 3 is 2.40 bits per heavy atom. The number of carbonyl (C=O) groups is 1. The minimum absolute atomic E-state index is 0.0281. The van der Waals surface area contributed by atoms with Crippen molar-refractivity contribution in [2.45, 2.75) is 18.8 Å². The molecule has 0 saturated carbocycles. The fourth-order valence-corrected chi connectivity index (χ4v) is 1.69. The van der Waals surface area contributed by atoms with Crippen molar-refractivity contribution in [2.24, 2.45) is 0 Å². The SMILES string of the molecule is O=C(O)C(CCCO)c1ccc(Br)cc1. The highest BCUT2D eigenvalue weighted by atomic mass is 79.9. The highest BCUT2D eigenvalue weighted by molar-refractivity contribution is 9.10. The minimum Gasteiger partial charge on any atom is -0.481 e. The van der Waals surface area contributed by atoms with E-state index in [9.17, 15) is 4.79 Å². The molecule has 0 aromatic heterocycles. The number of rotatable bonds is 5. The molecule has 0 aliphatic heterocycles. The zero-order chi connectivity index (χ0) is 11.3. The van der Waals surface area contributed by atoms with Crippen LogP contribution in [-0.4, -0.2) is 22.8 Å². The Balaban J connectivity index is 2.79. The van der Waals surface area contributed by atoms with Crippen LogP contribution in [0.3, 0.4) is 0 Å². The predicted molar refractivity (Wildman–Crippen MR) is 60.8 cm³/mol. The number of carboxylic acids is 1. The molecule has 0 amide bonds. The molecule has 0 aliphatic carbocycles. The zero-order valence-electron chi connectivity index (χ0n) is 8.19. The van der Waals surface area contributed by atoms with Crippen LogP contribution in [0.15, 0.2) is 28.7 Å². The van der Waals surface area contributed by atoms with Gasteiger partial charge in [-0.25, -0.2) is 0 Å². The lowest BCUT2D eigenvalue weighted by molar-refractivity contribution is -0.139. The standard InChI is InChI=1S/C11H13BrO3/c12-9-5-3-8(4-6-9)10(11(14)15)2-1-7-13/h3-6,10,13H,1-2,7H2,(H,14,15). The van der Waals surface area contributed by atoms with E-state index in [-0.39, 0.29) is 6.61 Å². The molecule has 1 unspecified atom stereocenters. The average molecular weight is 273 g/mol. The van der Waals surface area contributed by atoms with Gasteiger partial charge in [0.1, 0.15) is 0 Å². The van der Waals surface area contributed by atoms with Gasteiger partial charge in [-0.2, -0.15) is 0 Å². The van der Waals surface area contributed by atoms with Crippen LogP contribution in [0.4, 0.5) is 0 Å². The third-order valence-electron chi connectivity index (χ3n) is 2.22. The van der Waals surface area contributed by atoms with E-state index in [1.165, 1.54) is 0 Å². The third-order valence-corrected chi connectivity index (χ3v) is 2.75. The molecule has 0 radical (unpaired) electrons. The second-order valence-electron chi connectivity index (χ2n) is 3.31. The van der Waals surface area contributed by atoms with Crippen LogP contribution in [0.25, 0.3) is 0 Å². The molecular formula is C11H13BrO3. The van der Waals surface area contributed by atoms with E-state index in [0.29, 0.717) is 12.8 Å². The van der Waals surface area contributed by atoms with Crippen molar-refractivity contribution < 1.29 is 15.0 Å². The number of aliphatic carboxylic acids is 1. The summed E-state index contributed by atoms with van der Waals surface area (Å²) in [7, 11) is 0. The van der Waals surface area contributed by atoms with Gasteiger partial charge >= 0.3 is 5.97 Å². The fourth-order valence-electron chi connectivity index (χ4n) is 1.42. The largest absolute Gasteiger partial charge is 0.481 e. The summed E-state index contributed by atoms with van der Waals surface area (Å²) in [4.78, 5) is 11.0. The van der Waals surface area contributed by atoms with E-state index >= 15 is 0 Å². The van der Waals surface area contributed by atoms with Gasteiger partial charge in [-0.1, -0.05) is 28.1 Å². The summed E-state index contributed by atoms with van der Waals surface area (Å²) in [5.41, 5.74) is 0.777. The topological polar surface area (TPSA) is 57.5 Å². The molecule has 82 valence electrons. The summed E-state index contributed by atoms with van der Waals surface area (Å²) in [5, 5.41) is 17.7. The van der Waals surface area contributed by atoms with E-state index in [1.807, 2.05) is 12.1 Å². The molecule has 1 aromatic rings. The van der Waals surface area contributed by atoms with E-state index in [4.69, 9.17) is 10.2 Å². The maximum atomic E-state index is 11.0. The Labute approximate surface area is 96.9 Å². The van der Waals surface area contributed by atoms with Gasteiger partial charge in [0, 0.05) is 11.1 Å². The number of benzene rings is 1. The molecule has 0 aliphatic rings. The Bertz CT molecular complexity index is 321. The fraction of sp³-hybridized carbons (Fsp3) is 0.364. The lowest BCUT2D eigenvalue weighted by Crippen LogP contribution is -2.12. The van der Waals surface area contributed by atoms with E-state index in [0.717, 1.165) is 10.0 Å². The van der Waals surface area contributed by atoms with Crippen LogP contribution in [0.2, 0.25) is 0 Å². The average Bonchev–Trinajstić information content (AvgIpc) is 2.21. The van der Waals surface area contributed by atoms with Crippen LogP contribution < -0.4 is 0 Å². The van der Waals surface area contributed by atoms with Gasteiger partial charge in [0.2, 0.25) is 0 Å². The first-order chi connectivity index (χ1) is 7.15. The Morgan fingerprint density at radius 1 is 1.33 bits per heavy atom. The molecule has 1 aromatic carbocycles. The van der Waals surface area contributed by atoms with Gasteiger partial charge in [0.15, 0.2) is 0 Å². The Morgan fingerprint density at radius 2 is 1.93 bits per heavy atom. The minimum atomic E-state index is -0.842. The van der Waals surface area contributed by atoms with Crippen LogP contribution in [0.5, 0.6) is 0 Å². The maximum Gasteiger partial charge on any atom is 0.310 e. The summed E-state index contributed by atoms with van der Waals surface area (Å²) < 4.78 is 0.928. The van der Waals surface area contributed by atoms with Crippen molar-refractivity contribution >= 4 is 21.9 Å². The van der Waals surface area contributed by atoms with Crippen molar-refractivity contribution in [3.05, 3.63) is 34.3 Å². The third kappa shape index (κ3) is 3.64. The number of aliphatic hydroxyl groups excluding tert-OH is 1. The summed E-state index contributed by atoms with van der Waals surface area (Å²) in [6, 6.07) is 7.23. The quantitative estimate of drug-likeness (QED) is 0.866. The summed E-state index contributed by atoms with van der Waals surface area (Å²) in [5.74, 6) is -1.36. The van der Waals surface area contributed by atoms with Gasteiger partial charge in [0.05, 0.1) is 5.92 Å². The first-order valence-electron chi connectivity index (χ1n) is 4.74. The van der Waals surface area contributed by atoms with Crippen molar-refractivity contribution in [3.63, 3.8) is 0 Å². The van der Waals surface area contributed by atoms with E-state index in [1.54, 1.807) is 12.1 Å². The second kappa shape index (κ2) is 5.88. The maximum absolute atomic E-state index is 11.0. The van der Waals surface area contributed by atoms with Crippen molar-refractivity contribution in [2.75, 3.05) is 6.61 Å². The summed E-state index contributed by atoms with van der Waals surface area (Å²) in [6.45, 7) is 0.0281. The molecule has 2 N–H and O–H groups in total. The molecule has 4 heteroatoms. The van der Waals surface area contributed by atoms with Gasteiger partial charge in [0.25, 0.3) is 0 Å². The van der Waals surface area contributed by atoms with Crippen LogP contribution in [0.1, 0.15) is 24.3 Å². The van der Waals surface area contributed by atoms with Crippen molar-refractivity contribution in [3.8, 4) is 0 Å². The van der Waals surface area contributed by atoms with Gasteiger partial charge in [-0.15, -0.1) is 0 Å². The van der Waals surface area contributed by atoms with Gasteiger partial charge in [-0.3, -0.25) is 4.79 Å². The predicted octanol–water partition coefficient (Wildman–Crippen LogP) is 2.39. The first-order valence-corrected chi connectivity index (χ1v) is 5.53. The number of hydrogen-bond acceptors (Lipinski definition) is 2. The Hall–Kier alpha value is -0.870. The first kappa shape index (κ1) is 12.2. The molecule has 1 atom stereocenters. The molecule has 1 rings (SSSR count). The molecule has 0 bridgehead atoms. The van der Waals surface area contributed by atoms with Crippen LogP contribution in [0, 0.1) is 0 Å². The van der Waals surface area contributed by atoms with E-state index < -0.39 is 11.9 Å². The number of halogens is 1. The van der Waals surface area contributed by atoms with Crippen molar-refractivity contribution in [1.29, 1.82) is 0 Å². The highest BCUT2D eigenvalue weighted by Crippen LogP contribution is 2.23. The zero-order valence-corrected chi connectivity index (χ0v) is 9.77. The molecule has 0 spiro atoms. The normalized spacial score (nSPS) is 12.4. The molecule has 0 saturated heterocycles. The highest BCUT2D eigenvalue weighted by Gasteiger charge is 2.18. The van der Waals surface area contributed by atoms with Gasteiger partial charge < -0.3 is 10.2 Å². The Kier molecular flexibility index (Phi) is 4.78. The lowest BCUT2D eigenvalue weighted by Gasteiger charge is -2.11. The summed E-state index contributed by atoms with van der Waals surface area (Å²) >= 11 is 3.30.